The van der Waals surface area contributed by atoms with E-state index < -0.39 is 0 Å². The Labute approximate surface area is 127 Å². The smallest absolute Gasteiger partial charge is 0.128 e. The summed E-state index contributed by atoms with van der Waals surface area (Å²) in [6.07, 6.45) is 5.28. The van der Waals surface area contributed by atoms with Gasteiger partial charge in [-0.3, -0.25) is 0 Å². The molecule has 0 saturated carbocycles. The predicted molar refractivity (Wildman–Crippen MR) is 85.8 cm³/mol. The maximum atomic E-state index is 13.7. The van der Waals surface area contributed by atoms with Gasteiger partial charge in [-0.2, -0.15) is 0 Å². The van der Waals surface area contributed by atoms with Crippen molar-refractivity contribution < 1.29 is 4.39 Å². The molecule has 1 atom stereocenters. The van der Waals surface area contributed by atoms with E-state index in [9.17, 15) is 4.39 Å². The standard InChI is InChI=1S/C18H25FN2/c1-4-10-20-18(14(2)3)16-9-11-21(13-16)12-15-7-5-6-8-17(15)19/h5-9,11,13-14,18,20H,4,10,12H2,1-3H3. The molecule has 0 bridgehead atoms. The molecule has 0 aliphatic heterocycles. The van der Waals surface area contributed by atoms with Gasteiger partial charge in [0.15, 0.2) is 0 Å². The minimum absolute atomic E-state index is 0.141. The Hall–Kier alpha value is -1.61. The Morgan fingerprint density at radius 2 is 1.95 bits per heavy atom. The van der Waals surface area contributed by atoms with Gasteiger partial charge in [-0.1, -0.05) is 39.0 Å². The number of rotatable bonds is 7. The first-order valence-electron chi connectivity index (χ1n) is 7.74. The van der Waals surface area contributed by atoms with Crippen LogP contribution in [0, 0.1) is 11.7 Å². The zero-order valence-corrected chi connectivity index (χ0v) is 13.1. The van der Waals surface area contributed by atoms with Gasteiger partial charge in [0, 0.05) is 30.5 Å². The van der Waals surface area contributed by atoms with Crippen LogP contribution in [0.15, 0.2) is 42.7 Å². The van der Waals surface area contributed by atoms with Crippen LogP contribution in [0.25, 0.3) is 0 Å². The number of halogens is 1. The Morgan fingerprint density at radius 3 is 2.62 bits per heavy atom. The highest BCUT2D eigenvalue weighted by molar-refractivity contribution is 5.21. The van der Waals surface area contributed by atoms with Gasteiger partial charge in [0.2, 0.25) is 0 Å². The van der Waals surface area contributed by atoms with Crippen molar-refractivity contribution in [3.8, 4) is 0 Å². The van der Waals surface area contributed by atoms with Crippen LogP contribution in [0.1, 0.15) is 44.4 Å². The van der Waals surface area contributed by atoms with E-state index in [-0.39, 0.29) is 5.82 Å². The van der Waals surface area contributed by atoms with Crippen LogP contribution in [-0.4, -0.2) is 11.1 Å². The quantitative estimate of drug-likeness (QED) is 0.800. The lowest BCUT2D eigenvalue weighted by molar-refractivity contribution is 0.412. The summed E-state index contributed by atoms with van der Waals surface area (Å²) >= 11 is 0. The Bertz CT molecular complexity index is 560. The third-order valence-corrected chi connectivity index (χ3v) is 3.72. The first kappa shape index (κ1) is 15.8. The van der Waals surface area contributed by atoms with Gasteiger partial charge in [-0.05, 0) is 36.6 Å². The van der Waals surface area contributed by atoms with Crippen molar-refractivity contribution in [1.29, 1.82) is 0 Å². The average Bonchev–Trinajstić information content (AvgIpc) is 2.90. The second-order valence-electron chi connectivity index (χ2n) is 5.88. The van der Waals surface area contributed by atoms with Gasteiger partial charge in [0.05, 0.1) is 0 Å². The Balaban J connectivity index is 2.11. The molecule has 0 saturated heterocycles. The normalized spacial score (nSPS) is 12.8. The first-order valence-corrected chi connectivity index (χ1v) is 7.74. The van der Waals surface area contributed by atoms with Crippen LogP contribution < -0.4 is 5.32 Å². The molecule has 1 aromatic carbocycles. The molecule has 0 radical (unpaired) electrons. The molecule has 0 aliphatic carbocycles. The third-order valence-electron chi connectivity index (χ3n) is 3.72. The van der Waals surface area contributed by atoms with Crippen LogP contribution in [0.4, 0.5) is 4.39 Å². The summed E-state index contributed by atoms with van der Waals surface area (Å²) in [6.45, 7) is 8.21. The molecule has 3 heteroatoms. The summed E-state index contributed by atoms with van der Waals surface area (Å²) in [4.78, 5) is 0. The summed E-state index contributed by atoms with van der Waals surface area (Å²) in [5.41, 5.74) is 2.00. The van der Waals surface area contributed by atoms with Crippen molar-refractivity contribution in [3.05, 3.63) is 59.7 Å². The van der Waals surface area contributed by atoms with E-state index in [1.54, 1.807) is 6.07 Å². The molecular weight excluding hydrogens is 263 g/mol. The SMILES string of the molecule is CCCNC(c1ccn(Cc2ccccc2F)c1)C(C)C. The van der Waals surface area contributed by atoms with Gasteiger partial charge in [-0.25, -0.2) is 4.39 Å². The molecule has 1 aromatic heterocycles. The lowest BCUT2D eigenvalue weighted by Crippen LogP contribution is -2.26. The summed E-state index contributed by atoms with van der Waals surface area (Å²) < 4.78 is 15.8. The largest absolute Gasteiger partial charge is 0.349 e. The number of nitrogens with one attached hydrogen (secondary N) is 1. The average molecular weight is 288 g/mol. The Kier molecular flexibility index (Phi) is 5.57. The molecule has 0 aliphatic rings. The summed E-state index contributed by atoms with van der Waals surface area (Å²) in [7, 11) is 0. The predicted octanol–water partition coefficient (Wildman–Crippen LogP) is 4.37. The second kappa shape index (κ2) is 7.41. The van der Waals surface area contributed by atoms with E-state index in [0.717, 1.165) is 18.5 Å². The van der Waals surface area contributed by atoms with E-state index in [0.29, 0.717) is 18.5 Å². The van der Waals surface area contributed by atoms with E-state index in [1.165, 1.54) is 11.6 Å². The van der Waals surface area contributed by atoms with Crippen molar-refractivity contribution in [2.75, 3.05) is 6.54 Å². The number of hydrogen-bond donors (Lipinski definition) is 1. The fourth-order valence-corrected chi connectivity index (χ4v) is 2.60. The van der Waals surface area contributed by atoms with Crippen LogP contribution in [0.2, 0.25) is 0 Å². The third kappa shape index (κ3) is 4.18. The highest BCUT2D eigenvalue weighted by Crippen LogP contribution is 2.22. The minimum Gasteiger partial charge on any atom is -0.349 e. The molecule has 21 heavy (non-hydrogen) atoms. The van der Waals surface area contributed by atoms with Gasteiger partial charge in [0.1, 0.15) is 5.82 Å². The molecule has 0 fully saturated rings. The topological polar surface area (TPSA) is 17.0 Å². The van der Waals surface area contributed by atoms with Crippen molar-refractivity contribution in [2.24, 2.45) is 5.92 Å². The second-order valence-corrected chi connectivity index (χ2v) is 5.88. The summed E-state index contributed by atoms with van der Waals surface area (Å²) in [6, 6.07) is 9.44. The number of nitrogens with zero attached hydrogens (tertiary/aromatic N) is 1. The zero-order valence-electron chi connectivity index (χ0n) is 13.1. The fourth-order valence-electron chi connectivity index (χ4n) is 2.60. The lowest BCUT2D eigenvalue weighted by Gasteiger charge is -2.21. The molecule has 1 heterocycles. The molecule has 0 spiro atoms. The molecular formula is C18H25FN2. The van der Waals surface area contributed by atoms with E-state index >= 15 is 0 Å². The van der Waals surface area contributed by atoms with Crippen molar-refractivity contribution in [3.63, 3.8) is 0 Å². The van der Waals surface area contributed by atoms with Gasteiger partial charge < -0.3 is 9.88 Å². The number of benzene rings is 1. The molecule has 1 N–H and O–H groups in total. The van der Waals surface area contributed by atoms with Gasteiger partial charge in [0.25, 0.3) is 0 Å². The van der Waals surface area contributed by atoms with Gasteiger partial charge in [-0.15, -0.1) is 0 Å². The summed E-state index contributed by atoms with van der Waals surface area (Å²) in [5.74, 6) is 0.387. The number of aromatic nitrogens is 1. The van der Waals surface area contributed by atoms with Crippen LogP contribution >= 0.6 is 0 Å². The monoisotopic (exact) mass is 288 g/mol. The van der Waals surface area contributed by atoms with E-state index in [2.05, 4.69) is 42.9 Å². The maximum absolute atomic E-state index is 13.7. The van der Waals surface area contributed by atoms with Crippen LogP contribution in [0.5, 0.6) is 0 Å². The van der Waals surface area contributed by atoms with Crippen molar-refractivity contribution >= 4 is 0 Å². The lowest BCUT2D eigenvalue weighted by atomic mass is 9.98. The Morgan fingerprint density at radius 1 is 1.19 bits per heavy atom. The van der Waals surface area contributed by atoms with Crippen molar-refractivity contribution in [2.45, 2.75) is 39.8 Å². The first-order chi connectivity index (χ1) is 10.1. The molecule has 2 aromatic rings. The maximum Gasteiger partial charge on any atom is 0.128 e. The van der Waals surface area contributed by atoms with Crippen LogP contribution in [-0.2, 0) is 6.54 Å². The van der Waals surface area contributed by atoms with Gasteiger partial charge >= 0.3 is 0 Å². The molecule has 0 amide bonds. The fraction of sp³-hybridized carbons (Fsp3) is 0.444. The highest BCUT2D eigenvalue weighted by atomic mass is 19.1. The molecule has 2 nitrogen and oxygen atoms in total. The molecule has 2 rings (SSSR count). The van der Waals surface area contributed by atoms with Crippen LogP contribution in [0.3, 0.4) is 0 Å². The summed E-state index contributed by atoms with van der Waals surface area (Å²) in [5, 5.41) is 3.59. The minimum atomic E-state index is -0.141. The van der Waals surface area contributed by atoms with Crippen molar-refractivity contribution in [1.82, 2.24) is 9.88 Å². The zero-order chi connectivity index (χ0) is 15.2. The number of hydrogen-bond acceptors (Lipinski definition) is 1. The van der Waals surface area contributed by atoms with E-state index in [1.807, 2.05) is 18.3 Å². The highest BCUT2D eigenvalue weighted by Gasteiger charge is 2.16. The van der Waals surface area contributed by atoms with E-state index in [4.69, 9.17) is 0 Å². The molecule has 1 unspecified atom stereocenters. The molecule has 114 valence electrons.